The van der Waals surface area contributed by atoms with Gasteiger partial charge in [-0.3, -0.25) is 0 Å². The van der Waals surface area contributed by atoms with Crippen LogP contribution in [0.3, 0.4) is 0 Å². The standard InChI is InChI=1S/C11H22O2.C6H18NSi2.3C4H8O.Ca/c1-10(2,3)8(12)7-9(13)11(4,5)6;1-8(2,3)7-9(4,5)6;3*1-2-4-5-3-1;/h8-9H,7H2,1-6H3;1-6H3;3*1-4H2;/q-2;-1;;;;+2. The Bertz CT molecular complexity index is 440. The summed E-state index contributed by atoms with van der Waals surface area (Å²) in [6.07, 6.45) is 6.39. The van der Waals surface area contributed by atoms with Crippen molar-refractivity contribution in [2.75, 3.05) is 39.6 Å². The molecular weight excluding hydrogens is 539 g/mol. The van der Waals surface area contributed by atoms with Crippen molar-refractivity contribution in [1.29, 1.82) is 0 Å². The summed E-state index contributed by atoms with van der Waals surface area (Å²) in [4.78, 5) is 0. The second kappa shape index (κ2) is 23.0. The molecule has 0 spiro atoms. The molecule has 0 aliphatic carbocycles. The zero-order valence-electron chi connectivity index (χ0n) is 27.5. The van der Waals surface area contributed by atoms with E-state index in [1.807, 2.05) is 41.5 Å². The summed E-state index contributed by atoms with van der Waals surface area (Å²) in [7, 11) is -2.21. The van der Waals surface area contributed by atoms with Gasteiger partial charge in [0, 0.05) is 39.6 Å². The molecule has 0 bridgehead atoms. The summed E-state index contributed by atoms with van der Waals surface area (Å²) >= 11 is 0. The summed E-state index contributed by atoms with van der Waals surface area (Å²) in [5, 5.41) is 23.2. The topological polar surface area (TPSA) is 87.9 Å². The van der Waals surface area contributed by atoms with Gasteiger partial charge in [-0.1, -0.05) is 115 Å². The van der Waals surface area contributed by atoms with E-state index in [2.05, 4.69) is 39.3 Å². The Morgan fingerprint density at radius 3 is 0.842 bits per heavy atom. The first-order valence-electron chi connectivity index (χ1n) is 14.5. The number of hydrogen-bond acceptors (Lipinski definition) is 5. The van der Waals surface area contributed by atoms with Crippen molar-refractivity contribution in [2.24, 2.45) is 10.8 Å². The molecule has 3 aliphatic heterocycles. The molecule has 9 heteroatoms. The van der Waals surface area contributed by atoms with Gasteiger partial charge >= 0.3 is 37.7 Å². The van der Waals surface area contributed by atoms with Crippen molar-refractivity contribution in [1.82, 2.24) is 0 Å². The predicted octanol–water partition coefficient (Wildman–Crippen LogP) is 5.97. The van der Waals surface area contributed by atoms with Gasteiger partial charge in [-0.15, -0.1) is 12.2 Å². The largest absolute Gasteiger partial charge is 2.00 e. The van der Waals surface area contributed by atoms with Crippen LogP contribution in [-0.4, -0.2) is 106 Å². The Balaban J connectivity index is -0.000000424. The third-order valence-electron chi connectivity index (χ3n) is 5.51. The van der Waals surface area contributed by atoms with Crippen molar-refractivity contribution in [3.63, 3.8) is 0 Å². The van der Waals surface area contributed by atoms with Crippen molar-refractivity contribution in [2.45, 2.75) is 138 Å². The molecule has 3 heterocycles. The second-order valence-electron chi connectivity index (χ2n) is 14.4. The van der Waals surface area contributed by atoms with Crippen LogP contribution in [-0.2, 0) is 14.2 Å². The van der Waals surface area contributed by atoms with Crippen molar-refractivity contribution in [3.05, 3.63) is 4.65 Å². The van der Waals surface area contributed by atoms with E-state index in [-0.39, 0.29) is 55.0 Å². The first-order valence-corrected chi connectivity index (χ1v) is 21.4. The second-order valence-corrected chi connectivity index (χ2v) is 23.9. The van der Waals surface area contributed by atoms with Gasteiger partial charge in [0.15, 0.2) is 0 Å². The SMILES string of the molecule is C1CCOC1.C1CCOC1.C1CCOC1.CC(C)(C)C([O-])CC([O-])C(C)(C)C.C[Si](C)(C)[N-][Si](C)(C)C.[Ca+2]. The molecule has 0 aromatic rings. The fraction of sp³-hybridized carbons (Fsp3) is 1.00. The summed E-state index contributed by atoms with van der Waals surface area (Å²) in [5.41, 5.74) is -0.595. The van der Waals surface area contributed by atoms with Crippen molar-refractivity contribution < 1.29 is 24.4 Å². The fourth-order valence-corrected chi connectivity index (χ4v) is 11.5. The van der Waals surface area contributed by atoms with Gasteiger partial charge < -0.3 is 29.1 Å². The number of hydrogen-bond donors (Lipinski definition) is 0. The first-order chi connectivity index (χ1) is 16.8. The molecule has 0 N–H and O–H groups in total. The molecule has 2 atom stereocenters. The van der Waals surface area contributed by atoms with E-state index in [9.17, 15) is 10.2 Å². The van der Waals surface area contributed by atoms with Crippen LogP contribution in [0.15, 0.2) is 0 Å². The Labute approximate surface area is 269 Å². The number of rotatable bonds is 4. The molecule has 6 nitrogen and oxygen atoms in total. The van der Waals surface area contributed by atoms with Gasteiger partial charge in [0.25, 0.3) is 0 Å². The van der Waals surface area contributed by atoms with Gasteiger partial charge in [0.1, 0.15) is 0 Å². The van der Waals surface area contributed by atoms with E-state index < -0.39 is 28.7 Å². The zero-order chi connectivity index (χ0) is 29.2. The fourth-order valence-electron chi connectivity index (χ4n) is 3.44. The molecule has 0 amide bonds. The van der Waals surface area contributed by atoms with Gasteiger partial charge in [-0.25, -0.2) is 0 Å². The molecule has 0 saturated carbocycles. The van der Waals surface area contributed by atoms with Crippen LogP contribution in [0.4, 0.5) is 0 Å². The summed E-state index contributed by atoms with van der Waals surface area (Å²) in [6.45, 7) is 31.1. The van der Waals surface area contributed by atoms with E-state index in [0.29, 0.717) is 0 Å². The maximum Gasteiger partial charge on any atom is 2.00 e. The minimum absolute atomic E-state index is 0. The van der Waals surface area contributed by atoms with Crippen LogP contribution < -0.4 is 10.2 Å². The van der Waals surface area contributed by atoms with Gasteiger partial charge in [-0.05, 0) is 38.5 Å². The normalized spacial score (nSPS) is 19.1. The molecule has 0 radical (unpaired) electrons. The molecule has 0 aromatic heterocycles. The molecule has 3 rings (SSSR count). The van der Waals surface area contributed by atoms with Crippen LogP contribution in [0.1, 0.15) is 86.5 Å². The quantitative estimate of drug-likeness (QED) is 0.370. The molecular formula is C29H64CaNO5Si2-. The summed E-state index contributed by atoms with van der Waals surface area (Å²) < 4.78 is 19.7. The molecule has 226 valence electrons. The van der Waals surface area contributed by atoms with E-state index in [1.54, 1.807) is 0 Å². The minimum atomic E-state index is -1.11. The van der Waals surface area contributed by atoms with Crippen LogP contribution in [0.25, 0.3) is 4.65 Å². The van der Waals surface area contributed by atoms with Crippen LogP contribution >= 0.6 is 0 Å². The molecule has 3 aliphatic rings. The van der Waals surface area contributed by atoms with E-state index in [4.69, 9.17) is 18.9 Å². The maximum absolute atomic E-state index is 11.6. The third kappa shape index (κ3) is 33.7. The van der Waals surface area contributed by atoms with E-state index in [0.717, 1.165) is 39.6 Å². The number of nitrogens with zero attached hydrogens (tertiary/aromatic N) is 1. The monoisotopic (exact) mass is 602 g/mol. The third-order valence-corrected chi connectivity index (χ3v) is 10.9. The Morgan fingerprint density at radius 1 is 0.553 bits per heavy atom. The average Bonchev–Trinajstić information content (AvgIpc) is 3.53. The van der Waals surface area contributed by atoms with Gasteiger partial charge in [0.05, 0.1) is 0 Å². The minimum Gasteiger partial charge on any atom is -0.852 e. The molecule has 3 fully saturated rings. The maximum atomic E-state index is 11.6. The van der Waals surface area contributed by atoms with E-state index >= 15 is 0 Å². The number of ether oxygens (including phenoxy) is 3. The van der Waals surface area contributed by atoms with Gasteiger partial charge in [-0.2, -0.15) is 0 Å². The van der Waals surface area contributed by atoms with Crippen molar-refractivity contribution >= 4 is 54.2 Å². The van der Waals surface area contributed by atoms with Gasteiger partial charge in [0.2, 0.25) is 0 Å². The summed E-state index contributed by atoms with van der Waals surface area (Å²) in [6, 6.07) is 0. The average molecular weight is 603 g/mol. The molecule has 2 unspecified atom stereocenters. The van der Waals surface area contributed by atoms with Crippen LogP contribution in [0.5, 0.6) is 0 Å². The smallest absolute Gasteiger partial charge is 0.852 e. The van der Waals surface area contributed by atoms with E-state index in [1.165, 1.54) is 38.5 Å². The van der Waals surface area contributed by atoms with Crippen LogP contribution in [0, 0.1) is 10.8 Å². The molecule has 38 heavy (non-hydrogen) atoms. The Morgan fingerprint density at radius 2 is 0.763 bits per heavy atom. The first kappa shape index (κ1) is 43.9. The molecule has 0 aromatic carbocycles. The zero-order valence-corrected chi connectivity index (χ0v) is 31.8. The Hall–Kier alpha value is 1.45. The molecule has 3 saturated heterocycles. The van der Waals surface area contributed by atoms with Crippen molar-refractivity contribution in [3.8, 4) is 0 Å². The predicted molar refractivity (Wildman–Crippen MR) is 167 cm³/mol. The summed E-state index contributed by atoms with van der Waals surface area (Å²) in [5.74, 6) is 0. The van der Waals surface area contributed by atoms with Crippen LogP contribution in [0.2, 0.25) is 39.3 Å². The Kier molecular flexibility index (Phi) is 26.5.